The van der Waals surface area contributed by atoms with Crippen LogP contribution in [0.1, 0.15) is 39.8 Å². The first-order chi connectivity index (χ1) is 12.3. The summed E-state index contributed by atoms with van der Waals surface area (Å²) in [4.78, 5) is 12.4. The van der Waals surface area contributed by atoms with Crippen molar-refractivity contribution >= 4 is 21.7 Å². The maximum Gasteiger partial charge on any atom is 0.185 e. The Morgan fingerprint density at radius 3 is 2.54 bits per heavy atom. The molecule has 0 saturated carbocycles. The number of hydrogen-bond donors (Lipinski definition) is 0. The highest BCUT2D eigenvalue weighted by atomic mass is 32.2. The Morgan fingerprint density at radius 1 is 1.27 bits per heavy atom. The number of nitrogens with zero attached hydrogens (tertiary/aromatic N) is 2. The molecule has 0 radical (unpaired) electrons. The lowest BCUT2D eigenvalue weighted by Crippen LogP contribution is -2.13. The zero-order valence-electron chi connectivity index (χ0n) is 15.1. The van der Waals surface area contributed by atoms with Gasteiger partial charge in [-0.15, -0.1) is 0 Å². The van der Waals surface area contributed by atoms with Crippen LogP contribution in [0.3, 0.4) is 0 Å². The van der Waals surface area contributed by atoms with Gasteiger partial charge in [-0.25, -0.2) is 8.42 Å². The Hall–Kier alpha value is -2.41. The van der Waals surface area contributed by atoms with E-state index in [9.17, 15) is 13.2 Å². The number of ketones is 1. The normalized spacial score (nSPS) is 19.1. The Balaban J connectivity index is 1.81. The largest absolute Gasteiger partial charge is 0.497 e. The molecule has 0 bridgehead atoms. The van der Waals surface area contributed by atoms with Crippen molar-refractivity contribution in [2.75, 3.05) is 18.6 Å². The standard InChI is InChI=1S/C19H22N2O4S/c1-13-18(8-9-19(22)15-4-6-17(25-3)7-5-15)14(2)21(20-13)16-10-11-26(23,24)12-16/h4-9,16H,10-12H2,1-3H3/b9-8+/t16-/m1/s1. The summed E-state index contributed by atoms with van der Waals surface area (Å²) < 4.78 is 30.3. The van der Waals surface area contributed by atoms with Crippen LogP contribution in [0.25, 0.3) is 6.08 Å². The Labute approximate surface area is 153 Å². The quantitative estimate of drug-likeness (QED) is 0.594. The van der Waals surface area contributed by atoms with Crippen LogP contribution in [0.5, 0.6) is 5.75 Å². The van der Waals surface area contributed by atoms with Crippen LogP contribution in [-0.4, -0.2) is 42.6 Å². The van der Waals surface area contributed by atoms with Gasteiger partial charge in [0, 0.05) is 16.8 Å². The summed E-state index contributed by atoms with van der Waals surface area (Å²) in [6.07, 6.45) is 3.86. The highest BCUT2D eigenvalue weighted by Gasteiger charge is 2.31. The fourth-order valence-electron chi connectivity index (χ4n) is 3.25. The molecule has 7 heteroatoms. The number of aryl methyl sites for hydroxylation is 1. The molecule has 1 fully saturated rings. The monoisotopic (exact) mass is 374 g/mol. The van der Waals surface area contributed by atoms with Crippen LogP contribution in [0.4, 0.5) is 0 Å². The van der Waals surface area contributed by atoms with E-state index in [1.807, 2.05) is 13.8 Å². The zero-order chi connectivity index (χ0) is 18.9. The molecule has 1 saturated heterocycles. The van der Waals surface area contributed by atoms with Crippen molar-refractivity contribution in [1.29, 1.82) is 0 Å². The van der Waals surface area contributed by atoms with Crippen LogP contribution < -0.4 is 4.74 Å². The Kier molecular flexibility index (Phi) is 5.00. The SMILES string of the molecule is COc1ccc(C(=O)/C=C/c2c(C)nn([C@@H]3CCS(=O)(=O)C3)c2C)cc1. The predicted octanol–water partition coefficient (Wildman–Crippen LogP) is 2.76. The molecule has 1 aromatic carbocycles. The first-order valence-electron chi connectivity index (χ1n) is 8.43. The fraction of sp³-hybridized carbons (Fsp3) is 0.368. The van der Waals surface area contributed by atoms with Crippen molar-refractivity contribution in [3.63, 3.8) is 0 Å². The number of ether oxygens (including phenoxy) is 1. The number of carbonyl (C=O) groups excluding carboxylic acids is 1. The number of hydrogen-bond acceptors (Lipinski definition) is 5. The number of aromatic nitrogens is 2. The minimum Gasteiger partial charge on any atom is -0.497 e. The van der Waals surface area contributed by atoms with Gasteiger partial charge in [0.25, 0.3) is 0 Å². The molecule has 1 aliphatic heterocycles. The highest BCUT2D eigenvalue weighted by molar-refractivity contribution is 7.91. The summed E-state index contributed by atoms with van der Waals surface area (Å²) in [6.45, 7) is 3.77. The lowest BCUT2D eigenvalue weighted by Gasteiger charge is -2.10. The van der Waals surface area contributed by atoms with Crippen LogP contribution in [0.15, 0.2) is 30.3 Å². The summed E-state index contributed by atoms with van der Waals surface area (Å²) in [7, 11) is -1.40. The molecule has 1 aliphatic rings. The summed E-state index contributed by atoms with van der Waals surface area (Å²) >= 11 is 0. The van der Waals surface area contributed by atoms with Crippen molar-refractivity contribution in [2.45, 2.75) is 26.3 Å². The predicted molar refractivity (Wildman–Crippen MR) is 100 cm³/mol. The molecular weight excluding hydrogens is 352 g/mol. The number of sulfone groups is 1. The number of carbonyl (C=O) groups is 1. The van der Waals surface area contributed by atoms with E-state index in [0.29, 0.717) is 17.7 Å². The van der Waals surface area contributed by atoms with Crippen LogP contribution in [-0.2, 0) is 9.84 Å². The molecule has 0 amide bonds. The van der Waals surface area contributed by atoms with Crippen molar-refractivity contribution in [1.82, 2.24) is 9.78 Å². The molecular formula is C19H22N2O4S. The van der Waals surface area contributed by atoms with E-state index in [1.165, 1.54) is 6.08 Å². The van der Waals surface area contributed by atoms with Gasteiger partial charge in [0.15, 0.2) is 15.6 Å². The number of benzene rings is 1. The first kappa shape index (κ1) is 18.4. The molecule has 1 atom stereocenters. The molecule has 0 N–H and O–H groups in total. The van der Waals surface area contributed by atoms with Gasteiger partial charge in [0.1, 0.15) is 5.75 Å². The van der Waals surface area contributed by atoms with Crippen molar-refractivity contribution in [3.05, 3.63) is 52.9 Å². The molecule has 26 heavy (non-hydrogen) atoms. The van der Waals surface area contributed by atoms with E-state index in [4.69, 9.17) is 4.74 Å². The Morgan fingerprint density at radius 2 is 1.96 bits per heavy atom. The maximum atomic E-state index is 12.4. The van der Waals surface area contributed by atoms with Gasteiger partial charge in [-0.05, 0) is 56.7 Å². The fourth-order valence-corrected chi connectivity index (χ4v) is 4.94. The third-order valence-corrected chi connectivity index (χ3v) is 6.46. The van der Waals surface area contributed by atoms with Crippen LogP contribution in [0, 0.1) is 13.8 Å². The molecule has 0 spiro atoms. The van der Waals surface area contributed by atoms with Gasteiger partial charge in [-0.1, -0.05) is 0 Å². The van der Waals surface area contributed by atoms with Crippen LogP contribution >= 0.6 is 0 Å². The minimum absolute atomic E-state index is 0.109. The summed E-state index contributed by atoms with van der Waals surface area (Å²) in [5.74, 6) is 0.924. The van der Waals surface area contributed by atoms with E-state index in [-0.39, 0.29) is 23.3 Å². The lowest BCUT2D eigenvalue weighted by atomic mass is 10.1. The molecule has 0 aliphatic carbocycles. The van der Waals surface area contributed by atoms with Gasteiger partial charge in [0.05, 0.1) is 30.4 Å². The lowest BCUT2D eigenvalue weighted by molar-refractivity contribution is 0.104. The molecule has 138 valence electrons. The second-order valence-electron chi connectivity index (χ2n) is 6.51. The average Bonchev–Trinajstić information content (AvgIpc) is 3.12. The van der Waals surface area contributed by atoms with E-state index in [2.05, 4.69) is 5.10 Å². The Bertz CT molecular complexity index is 956. The van der Waals surface area contributed by atoms with E-state index < -0.39 is 9.84 Å². The third-order valence-electron chi connectivity index (χ3n) is 4.71. The van der Waals surface area contributed by atoms with Gasteiger partial charge in [-0.3, -0.25) is 9.48 Å². The molecule has 3 rings (SSSR count). The smallest absolute Gasteiger partial charge is 0.185 e. The third kappa shape index (κ3) is 3.72. The molecule has 2 aromatic rings. The minimum atomic E-state index is -2.97. The molecule has 0 unspecified atom stereocenters. The second-order valence-corrected chi connectivity index (χ2v) is 8.74. The van der Waals surface area contributed by atoms with Crippen molar-refractivity contribution in [3.8, 4) is 5.75 Å². The number of allylic oxidation sites excluding steroid dienone is 1. The van der Waals surface area contributed by atoms with Crippen molar-refractivity contribution < 1.29 is 17.9 Å². The van der Waals surface area contributed by atoms with Gasteiger partial charge >= 0.3 is 0 Å². The molecule has 1 aromatic heterocycles. The molecule has 2 heterocycles. The van der Waals surface area contributed by atoms with Gasteiger partial charge in [0.2, 0.25) is 0 Å². The van der Waals surface area contributed by atoms with E-state index >= 15 is 0 Å². The molecule has 6 nitrogen and oxygen atoms in total. The highest BCUT2D eigenvalue weighted by Crippen LogP contribution is 2.27. The second kappa shape index (κ2) is 7.07. The van der Waals surface area contributed by atoms with Gasteiger partial charge < -0.3 is 4.74 Å². The zero-order valence-corrected chi connectivity index (χ0v) is 15.9. The summed E-state index contributed by atoms with van der Waals surface area (Å²) in [5, 5.41) is 4.50. The van der Waals surface area contributed by atoms with Gasteiger partial charge in [-0.2, -0.15) is 5.10 Å². The summed E-state index contributed by atoms with van der Waals surface area (Å²) in [5.41, 5.74) is 3.09. The number of rotatable bonds is 5. The first-order valence-corrected chi connectivity index (χ1v) is 10.3. The van der Waals surface area contributed by atoms with Crippen LogP contribution in [0.2, 0.25) is 0 Å². The van der Waals surface area contributed by atoms with Crippen molar-refractivity contribution in [2.24, 2.45) is 0 Å². The average molecular weight is 374 g/mol. The van der Waals surface area contributed by atoms with E-state index in [1.54, 1.807) is 42.1 Å². The topological polar surface area (TPSA) is 78.3 Å². The summed E-state index contributed by atoms with van der Waals surface area (Å²) in [6, 6.07) is 6.81. The maximum absolute atomic E-state index is 12.4. The van der Waals surface area contributed by atoms with E-state index in [0.717, 1.165) is 17.0 Å². The number of methoxy groups -OCH3 is 1.